The number of aryl methyl sites for hydroxylation is 1. The van der Waals surface area contributed by atoms with E-state index in [-0.39, 0.29) is 42.2 Å². The molecule has 0 saturated carbocycles. The topological polar surface area (TPSA) is 123 Å². The molecular weight excluding hydrogens is 434 g/mol. The average molecular weight is 450 g/mol. The molecule has 0 saturated heterocycles. The third-order valence-corrected chi connectivity index (χ3v) is 7.66. The van der Waals surface area contributed by atoms with Gasteiger partial charge in [-0.05, 0) is 32.9 Å². The van der Waals surface area contributed by atoms with Crippen LogP contribution in [0.1, 0.15) is 49.4 Å². The van der Waals surface area contributed by atoms with Gasteiger partial charge in [-0.1, -0.05) is 41.2 Å². The lowest BCUT2D eigenvalue weighted by atomic mass is 9.95. The highest BCUT2D eigenvalue weighted by Crippen LogP contribution is 2.55. The number of primary amides is 1. The van der Waals surface area contributed by atoms with Crippen LogP contribution in [-0.4, -0.2) is 27.8 Å². The van der Waals surface area contributed by atoms with E-state index in [1.807, 2.05) is 31.2 Å². The minimum atomic E-state index is -0.931. The number of ketones is 3. The second-order valence-electron chi connectivity index (χ2n) is 7.07. The number of benzene rings is 1. The molecule has 1 amide bonds. The molecule has 4 rings (SSSR count). The molecule has 0 spiro atoms. The molecule has 0 unspecified atom stereocenters. The summed E-state index contributed by atoms with van der Waals surface area (Å²) < 4.78 is 1.82. The van der Waals surface area contributed by atoms with Crippen LogP contribution in [0.2, 0.25) is 0 Å². The second-order valence-corrected chi connectivity index (χ2v) is 9.37. The van der Waals surface area contributed by atoms with Crippen molar-refractivity contribution < 1.29 is 19.2 Å². The highest BCUT2D eigenvalue weighted by atomic mass is 32.2. The zero-order valence-corrected chi connectivity index (χ0v) is 18.4. The Morgan fingerprint density at radius 1 is 1.03 bits per heavy atom. The number of amides is 1. The molecule has 2 heterocycles. The molecule has 2 aromatic rings. The van der Waals surface area contributed by atoms with Crippen LogP contribution in [0.25, 0.3) is 5.69 Å². The second kappa shape index (κ2) is 7.41. The Hall–Kier alpha value is -3.35. The minimum absolute atomic E-state index is 0.0567. The van der Waals surface area contributed by atoms with Gasteiger partial charge >= 0.3 is 0 Å². The fourth-order valence-corrected chi connectivity index (χ4v) is 6.24. The summed E-state index contributed by atoms with van der Waals surface area (Å²) in [4.78, 5) is 51.2. The maximum Gasteiger partial charge on any atom is 0.261 e. The van der Waals surface area contributed by atoms with Crippen molar-refractivity contribution in [2.75, 3.05) is 0 Å². The molecule has 154 valence electrons. The molecule has 0 radical (unpaired) electrons. The number of nitriles is 1. The third-order valence-electron chi connectivity index (χ3n) is 5.06. The van der Waals surface area contributed by atoms with E-state index in [0.29, 0.717) is 11.4 Å². The largest absolute Gasteiger partial charge is 0.365 e. The molecule has 1 aromatic carbocycles. The van der Waals surface area contributed by atoms with Crippen molar-refractivity contribution in [3.63, 3.8) is 0 Å². The Morgan fingerprint density at radius 3 is 2.13 bits per heavy atom. The van der Waals surface area contributed by atoms with Crippen LogP contribution < -0.4 is 5.73 Å². The first-order chi connectivity index (χ1) is 14.7. The normalized spacial score (nSPS) is 16.7. The first-order valence-corrected chi connectivity index (χ1v) is 10.8. The van der Waals surface area contributed by atoms with Crippen LogP contribution in [0.5, 0.6) is 0 Å². The summed E-state index contributed by atoms with van der Waals surface area (Å²) in [6.45, 7) is 4.99. The number of rotatable bonds is 3. The summed E-state index contributed by atoms with van der Waals surface area (Å²) in [5, 5.41) is 9.25. The lowest BCUT2D eigenvalue weighted by molar-refractivity contribution is -0.114. The Kier molecular flexibility index (Phi) is 5.00. The van der Waals surface area contributed by atoms with Gasteiger partial charge in [-0.3, -0.25) is 19.2 Å². The quantitative estimate of drug-likeness (QED) is 0.431. The van der Waals surface area contributed by atoms with Crippen molar-refractivity contribution in [3.8, 4) is 11.8 Å². The molecule has 1 aliphatic heterocycles. The molecule has 0 atom stereocenters. The smallest absolute Gasteiger partial charge is 0.261 e. The number of nitrogens with zero attached hydrogens (tertiary/aromatic N) is 2. The van der Waals surface area contributed by atoms with Gasteiger partial charge in [-0.25, -0.2) is 0 Å². The maximum absolute atomic E-state index is 13.5. The SMILES string of the molecule is CC(=O)c1c2c(n(-c3ccc(C)cc3)c1C)C(=O)C1=C(S/C(=C(\C#N)C(N)=O)S1)C2=O. The predicted molar refractivity (Wildman–Crippen MR) is 118 cm³/mol. The van der Waals surface area contributed by atoms with E-state index in [0.717, 1.165) is 29.1 Å². The summed E-state index contributed by atoms with van der Waals surface area (Å²) in [6.07, 6.45) is 0. The molecule has 9 heteroatoms. The van der Waals surface area contributed by atoms with Crippen molar-refractivity contribution in [2.45, 2.75) is 20.8 Å². The fraction of sp³-hybridized carbons (Fsp3) is 0.136. The van der Waals surface area contributed by atoms with Crippen LogP contribution in [0.3, 0.4) is 0 Å². The minimum Gasteiger partial charge on any atom is -0.365 e. The van der Waals surface area contributed by atoms with Gasteiger partial charge in [-0.2, -0.15) is 5.26 Å². The van der Waals surface area contributed by atoms with E-state index in [4.69, 9.17) is 5.73 Å². The predicted octanol–water partition coefficient (Wildman–Crippen LogP) is 3.59. The Morgan fingerprint density at radius 2 is 1.61 bits per heavy atom. The van der Waals surface area contributed by atoms with E-state index < -0.39 is 17.5 Å². The number of carbonyl (C=O) groups excluding carboxylic acids is 4. The summed E-state index contributed by atoms with van der Waals surface area (Å²) in [6, 6.07) is 9.12. The van der Waals surface area contributed by atoms with Gasteiger partial charge in [0.1, 0.15) is 17.3 Å². The van der Waals surface area contributed by atoms with Crippen molar-refractivity contribution in [3.05, 3.63) is 72.0 Å². The van der Waals surface area contributed by atoms with Crippen LogP contribution >= 0.6 is 23.5 Å². The number of aromatic nitrogens is 1. The van der Waals surface area contributed by atoms with Gasteiger partial charge < -0.3 is 10.3 Å². The molecule has 1 aliphatic carbocycles. The van der Waals surface area contributed by atoms with Crippen LogP contribution in [0, 0.1) is 25.2 Å². The average Bonchev–Trinajstić information content (AvgIpc) is 3.27. The molecule has 31 heavy (non-hydrogen) atoms. The van der Waals surface area contributed by atoms with Gasteiger partial charge in [0.25, 0.3) is 5.91 Å². The molecule has 2 aliphatic rings. The van der Waals surface area contributed by atoms with E-state index >= 15 is 0 Å². The standard InChI is InChI=1S/C22H15N3O4S2/c1-9-4-6-12(7-5-9)25-10(2)14(11(3)26)15-16(25)18(28)20-19(17(15)27)30-22(31-20)13(8-23)21(24)29/h4-7H,1-3H3,(H2,24,29)/b22-13-. The van der Waals surface area contributed by atoms with Gasteiger partial charge in [0.2, 0.25) is 11.6 Å². The van der Waals surface area contributed by atoms with Crippen LogP contribution in [0.15, 0.2) is 43.9 Å². The highest BCUT2D eigenvalue weighted by Gasteiger charge is 2.44. The zero-order valence-electron chi connectivity index (χ0n) is 16.7. The number of thioether (sulfide) groups is 2. The lowest BCUT2D eigenvalue weighted by Gasteiger charge is -2.16. The van der Waals surface area contributed by atoms with Crippen LogP contribution in [-0.2, 0) is 4.79 Å². The maximum atomic E-state index is 13.5. The summed E-state index contributed by atoms with van der Waals surface area (Å²) in [7, 11) is 0. The van der Waals surface area contributed by atoms with Crippen molar-refractivity contribution in [2.24, 2.45) is 5.73 Å². The van der Waals surface area contributed by atoms with Gasteiger partial charge in [0.05, 0.1) is 25.2 Å². The molecule has 2 N–H and O–H groups in total. The van der Waals surface area contributed by atoms with Gasteiger partial charge in [0, 0.05) is 11.4 Å². The number of hydrogen-bond donors (Lipinski definition) is 1. The molecule has 7 nitrogen and oxygen atoms in total. The highest BCUT2D eigenvalue weighted by molar-refractivity contribution is 8.29. The number of fused-ring (bicyclic) bond motifs is 1. The Balaban J connectivity index is 1.97. The fourth-order valence-electron chi connectivity index (χ4n) is 3.70. The first kappa shape index (κ1) is 20.9. The molecule has 0 bridgehead atoms. The third kappa shape index (κ3) is 3.07. The molecule has 0 fully saturated rings. The Bertz CT molecular complexity index is 1340. The monoisotopic (exact) mass is 449 g/mol. The Labute approximate surface area is 186 Å². The van der Waals surface area contributed by atoms with Crippen molar-refractivity contribution in [1.82, 2.24) is 4.57 Å². The van der Waals surface area contributed by atoms with Crippen molar-refractivity contribution in [1.29, 1.82) is 5.26 Å². The van der Waals surface area contributed by atoms with Gasteiger partial charge in [-0.15, -0.1) is 0 Å². The molecular formula is C22H15N3O4S2. The molecule has 1 aromatic heterocycles. The van der Waals surface area contributed by atoms with E-state index in [2.05, 4.69) is 0 Å². The number of allylic oxidation sites excluding steroid dienone is 2. The number of nitrogens with two attached hydrogens (primary N) is 1. The first-order valence-electron chi connectivity index (χ1n) is 9.14. The van der Waals surface area contributed by atoms with E-state index in [1.165, 1.54) is 6.92 Å². The van der Waals surface area contributed by atoms with Crippen molar-refractivity contribution >= 4 is 46.8 Å². The summed E-state index contributed by atoms with van der Waals surface area (Å²) in [5.74, 6) is -2.17. The van der Waals surface area contributed by atoms with Gasteiger partial charge in [0.15, 0.2) is 5.78 Å². The number of hydrogen-bond acceptors (Lipinski definition) is 7. The van der Waals surface area contributed by atoms with E-state index in [9.17, 15) is 24.4 Å². The summed E-state index contributed by atoms with van der Waals surface area (Å²) >= 11 is 1.76. The lowest BCUT2D eigenvalue weighted by Crippen LogP contribution is -2.21. The zero-order chi connectivity index (χ0) is 22.6. The van der Waals surface area contributed by atoms with Crippen LogP contribution in [0.4, 0.5) is 0 Å². The number of Topliss-reactive ketones (excluding diaryl/α,β-unsaturated/α-hetero) is 3. The summed E-state index contributed by atoms with van der Waals surface area (Å²) in [5.41, 5.74) is 7.50. The van der Waals surface area contributed by atoms with E-state index in [1.54, 1.807) is 17.6 Å². The number of carbonyl (C=O) groups is 4.